The molecule has 0 bridgehead atoms. The van der Waals surface area contributed by atoms with Gasteiger partial charge in [0.15, 0.2) is 0 Å². The summed E-state index contributed by atoms with van der Waals surface area (Å²) in [6, 6.07) is 0. The summed E-state index contributed by atoms with van der Waals surface area (Å²) in [5.74, 6) is 0. The normalized spacial score (nSPS) is 12.2. The van der Waals surface area contributed by atoms with Gasteiger partial charge >= 0.3 is 0 Å². The third kappa shape index (κ3) is 2.08. The van der Waals surface area contributed by atoms with Crippen molar-refractivity contribution in [1.82, 2.24) is 4.98 Å². The summed E-state index contributed by atoms with van der Waals surface area (Å²) in [6.07, 6.45) is 8.52. The number of nitrogens with two attached hydrogens (primary N) is 1. The molecule has 0 radical (unpaired) electrons. The summed E-state index contributed by atoms with van der Waals surface area (Å²) in [4.78, 5) is 7.12. The summed E-state index contributed by atoms with van der Waals surface area (Å²) in [5, 5.41) is 0. The Morgan fingerprint density at radius 2 is 2.38 bits per heavy atom. The largest absolute Gasteiger partial charge is 0.405 e. The van der Waals surface area contributed by atoms with Gasteiger partial charge in [0, 0.05) is 24.2 Å². The standard InChI is InChI=1S/C10H13N3/c1-3-13-10(4-5-11)9-7-12-6-8(9)2/h3-7,12H,1,11H2,2H3/b5-4-,13-10?. The van der Waals surface area contributed by atoms with E-state index in [1.165, 1.54) is 12.4 Å². The molecular formula is C10H13N3. The van der Waals surface area contributed by atoms with Crippen molar-refractivity contribution in [1.29, 1.82) is 0 Å². The molecular weight excluding hydrogens is 162 g/mol. The van der Waals surface area contributed by atoms with Gasteiger partial charge in [0.1, 0.15) is 0 Å². The van der Waals surface area contributed by atoms with Crippen molar-refractivity contribution in [2.45, 2.75) is 6.92 Å². The van der Waals surface area contributed by atoms with Gasteiger partial charge in [-0.2, -0.15) is 0 Å². The Kier molecular flexibility index (Phi) is 3.09. The predicted molar refractivity (Wildman–Crippen MR) is 55.6 cm³/mol. The molecule has 1 heterocycles. The zero-order valence-electron chi connectivity index (χ0n) is 7.62. The Morgan fingerprint density at radius 3 is 2.85 bits per heavy atom. The number of rotatable bonds is 3. The van der Waals surface area contributed by atoms with Gasteiger partial charge in [0.2, 0.25) is 0 Å². The van der Waals surface area contributed by atoms with Crippen molar-refractivity contribution >= 4 is 5.71 Å². The number of allylic oxidation sites excluding steroid dienone is 1. The molecule has 0 unspecified atom stereocenters. The van der Waals surface area contributed by atoms with Gasteiger partial charge in [-0.25, -0.2) is 0 Å². The average Bonchev–Trinajstić information content (AvgIpc) is 2.51. The minimum absolute atomic E-state index is 0.816. The van der Waals surface area contributed by atoms with Crippen LogP contribution >= 0.6 is 0 Å². The number of nitrogens with zero attached hydrogens (tertiary/aromatic N) is 1. The minimum atomic E-state index is 0.816. The van der Waals surface area contributed by atoms with Crippen LogP contribution < -0.4 is 5.73 Å². The van der Waals surface area contributed by atoms with Gasteiger partial charge in [-0.1, -0.05) is 6.58 Å². The SMILES string of the molecule is C=CN=C(/C=C\N)c1c[nH]cc1C. The molecule has 0 saturated carbocycles. The van der Waals surface area contributed by atoms with Crippen LogP contribution in [-0.4, -0.2) is 10.7 Å². The first-order valence-corrected chi connectivity index (χ1v) is 4.00. The number of aromatic nitrogens is 1. The first-order valence-electron chi connectivity index (χ1n) is 4.00. The van der Waals surface area contributed by atoms with Crippen LogP contribution in [0.1, 0.15) is 11.1 Å². The van der Waals surface area contributed by atoms with Crippen LogP contribution in [0.25, 0.3) is 0 Å². The van der Waals surface area contributed by atoms with Gasteiger partial charge in [-0.15, -0.1) is 0 Å². The Bertz CT molecular complexity index is 345. The van der Waals surface area contributed by atoms with Crippen molar-refractivity contribution in [2.75, 3.05) is 0 Å². The van der Waals surface area contributed by atoms with Crippen LogP contribution in [0.3, 0.4) is 0 Å². The number of nitrogens with one attached hydrogen (secondary N) is 1. The maximum atomic E-state index is 5.31. The summed E-state index contributed by atoms with van der Waals surface area (Å²) < 4.78 is 0. The minimum Gasteiger partial charge on any atom is -0.405 e. The maximum Gasteiger partial charge on any atom is 0.0733 e. The van der Waals surface area contributed by atoms with Gasteiger partial charge < -0.3 is 10.7 Å². The van der Waals surface area contributed by atoms with E-state index in [-0.39, 0.29) is 0 Å². The van der Waals surface area contributed by atoms with E-state index >= 15 is 0 Å². The highest BCUT2D eigenvalue weighted by Crippen LogP contribution is 2.08. The second-order valence-corrected chi connectivity index (χ2v) is 2.61. The van der Waals surface area contributed by atoms with Crippen LogP contribution in [-0.2, 0) is 0 Å². The molecule has 0 aliphatic rings. The second kappa shape index (κ2) is 4.30. The molecule has 0 aliphatic carbocycles. The first kappa shape index (κ1) is 9.32. The highest BCUT2D eigenvalue weighted by Gasteiger charge is 2.02. The van der Waals surface area contributed by atoms with Crippen molar-refractivity contribution in [3.05, 3.63) is 48.6 Å². The lowest BCUT2D eigenvalue weighted by Crippen LogP contribution is -1.97. The highest BCUT2D eigenvalue weighted by molar-refractivity contribution is 6.09. The van der Waals surface area contributed by atoms with Gasteiger partial charge in [0.25, 0.3) is 0 Å². The van der Waals surface area contributed by atoms with Gasteiger partial charge in [-0.05, 0) is 24.8 Å². The van der Waals surface area contributed by atoms with E-state index in [0.29, 0.717) is 0 Å². The molecule has 0 aliphatic heterocycles. The third-order valence-corrected chi connectivity index (χ3v) is 1.71. The topological polar surface area (TPSA) is 54.2 Å². The average molecular weight is 175 g/mol. The quantitative estimate of drug-likeness (QED) is 0.675. The lowest BCUT2D eigenvalue weighted by molar-refractivity contribution is 1.39. The van der Waals surface area contributed by atoms with Crippen molar-refractivity contribution < 1.29 is 0 Å². The predicted octanol–water partition coefficient (Wildman–Crippen LogP) is 1.73. The van der Waals surface area contributed by atoms with Crippen LogP contribution in [0, 0.1) is 6.92 Å². The number of hydrogen-bond acceptors (Lipinski definition) is 2. The molecule has 0 fully saturated rings. The Labute approximate surface area is 77.7 Å². The van der Waals surface area contributed by atoms with E-state index in [9.17, 15) is 0 Å². The molecule has 13 heavy (non-hydrogen) atoms. The Hall–Kier alpha value is -1.77. The Balaban J connectivity index is 3.09. The lowest BCUT2D eigenvalue weighted by Gasteiger charge is -1.97. The molecule has 0 saturated heterocycles. The summed E-state index contributed by atoms with van der Waals surface area (Å²) in [6.45, 7) is 5.56. The highest BCUT2D eigenvalue weighted by atomic mass is 14.7. The molecule has 68 valence electrons. The molecule has 1 aromatic rings. The summed E-state index contributed by atoms with van der Waals surface area (Å²) >= 11 is 0. The van der Waals surface area contributed by atoms with Crippen LogP contribution in [0.5, 0.6) is 0 Å². The summed E-state index contributed by atoms with van der Waals surface area (Å²) in [5.41, 5.74) is 8.31. The molecule has 1 rings (SSSR count). The van der Waals surface area contributed by atoms with Crippen molar-refractivity contribution in [3.8, 4) is 0 Å². The van der Waals surface area contributed by atoms with Gasteiger partial charge in [-0.3, -0.25) is 4.99 Å². The number of aliphatic imine (C=N–C) groups is 1. The Morgan fingerprint density at radius 1 is 1.62 bits per heavy atom. The maximum absolute atomic E-state index is 5.31. The van der Waals surface area contributed by atoms with E-state index in [1.807, 2.05) is 19.3 Å². The second-order valence-electron chi connectivity index (χ2n) is 2.61. The van der Waals surface area contributed by atoms with E-state index in [2.05, 4.69) is 16.6 Å². The molecule has 0 amide bonds. The molecule has 0 aromatic carbocycles. The first-order chi connectivity index (χ1) is 6.29. The number of aromatic amines is 1. The van der Waals surface area contributed by atoms with E-state index in [0.717, 1.165) is 16.8 Å². The smallest absolute Gasteiger partial charge is 0.0733 e. The molecule has 0 atom stereocenters. The van der Waals surface area contributed by atoms with Crippen LogP contribution in [0.15, 0.2) is 42.4 Å². The van der Waals surface area contributed by atoms with Crippen LogP contribution in [0.2, 0.25) is 0 Å². The van der Waals surface area contributed by atoms with Gasteiger partial charge in [0.05, 0.1) is 5.71 Å². The van der Waals surface area contributed by atoms with Crippen LogP contribution in [0.4, 0.5) is 0 Å². The number of H-pyrrole nitrogens is 1. The summed E-state index contributed by atoms with van der Waals surface area (Å²) in [7, 11) is 0. The molecule has 1 aromatic heterocycles. The zero-order valence-corrected chi connectivity index (χ0v) is 7.62. The van der Waals surface area contributed by atoms with Crippen molar-refractivity contribution in [2.24, 2.45) is 10.7 Å². The molecule has 3 nitrogen and oxygen atoms in total. The van der Waals surface area contributed by atoms with E-state index in [4.69, 9.17) is 5.73 Å². The van der Waals surface area contributed by atoms with E-state index in [1.54, 1.807) is 6.08 Å². The third-order valence-electron chi connectivity index (χ3n) is 1.71. The fraction of sp³-hybridized carbons (Fsp3) is 0.100. The fourth-order valence-electron chi connectivity index (χ4n) is 1.11. The number of aryl methyl sites for hydroxylation is 1. The molecule has 3 heteroatoms. The molecule has 0 spiro atoms. The lowest BCUT2D eigenvalue weighted by atomic mass is 10.1. The molecule has 3 N–H and O–H groups in total. The number of hydrogen-bond donors (Lipinski definition) is 2. The van der Waals surface area contributed by atoms with E-state index < -0.39 is 0 Å². The monoisotopic (exact) mass is 175 g/mol. The zero-order chi connectivity index (χ0) is 9.68. The van der Waals surface area contributed by atoms with Crippen molar-refractivity contribution in [3.63, 3.8) is 0 Å². The fourth-order valence-corrected chi connectivity index (χ4v) is 1.11.